The number of fused-ring (bicyclic) bond motifs is 1. The van der Waals surface area contributed by atoms with Crippen LogP contribution in [-0.4, -0.2) is 22.1 Å². The molecule has 1 amide bonds. The van der Waals surface area contributed by atoms with Gasteiger partial charge in [-0.15, -0.1) is 0 Å². The van der Waals surface area contributed by atoms with Gasteiger partial charge >= 0.3 is 0 Å². The Morgan fingerprint density at radius 2 is 2.00 bits per heavy atom. The van der Waals surface area contributed by atoms with Gasteiger partial charge in [0.1, 0.15) is 0 Å². The second-order valence-corrected chi connectivity index (χ2v) is 5.05. The van der Waals surface area contributed by atoms with Crippen molar-refractivity contribution < 1.29 is 9.90 Å². The van der Waals surface area contributed by atoms with Crippen LogP contribution in [0.2, 0.25) is 0 Å². The van der Waals surface area contributed by atoms with Gasteiger partial charge in [0, 0.05) is 18.8 Å². The summed E-state index contributed by atoms with van der Waals surface area (Å²) in [4.78, 5) is 16.0. The molecule has 1 aromatic carbocycles. The molecular formula is C16H16N2O2. The van der Waals surface area contributed by atoms with Gasteiger partial charge in [0.25, 0.3) is 0 Å². The van der Waals surface area contributed by atoms with Crippen LogP contribution in [0.15, 0.2) is 48.8 Å². The standard InChI is InChI=1S/C16H16N2O2/c19-14-10-12-3-1-2-4-13(12)16(14)18-15(20)9-11-5-7-17-8-6-11/h1-8,14,16,19H,9-10H2,(H,18,20). The Morgan fingerprint density at radius 3 is 2.80 bits per heavy atom. The van der Waals surface area contributed by atoms with Gasteiger partial charge in [-0.25, -0.2) is 0 Å². The molecule has 20 heavy (non-hydrogen) atoms. The van der Waals surface area contributed by atoms with Crippen molar-refractivity contribution in [2.75, 3.05) is 0 Å². The Balaban J connectivity index is 1.70. The number of hydrogen-bond donors (Lipinski definition) is 2. The zero-order valence-electron chi connectivity index (χ0n) is 11.0. The molecule has 0 spiro atoms. The smallest absolute Gasteiger partial charge is 0.224 e. The third kappa shape index (κ3) is 2.56. The summed E-state index contributed by atoms with van der Waals surface area (Å²) < 4.78 is 0. The van der Waals surface area contributed by atoms with Gasteiger partial charge in [-0.3, -0.25) is 9.78 Å². The van der Waals surface area contributed by atoms with E-state index in [1.165, 1.54) is 0 Å². The average Bonchev–Trinajstić information content (AvgIpc) is 2.76. The number of aromatic nitrogens is 1. The van der Waals surface area contributed by atoms with Gasteiger partial charge in [-0.2, -0.15) is 0 Å². The first kappa shape index (κ1) is 12.8. The maximum Gasteiger partial charge on any atom is 0.224 e. The number of rotatable bonds is 3. The third-order valence-electron chi connectivity index (χ3n) is 3.63. The lowest BCUT2D eigenvalue weighted by Crippen LogP contribution is -2.34. The van der Waals surface area contributed by atoms with E-state index < -0.39 is 6.10 Å². The Hall–Kier alpha value is -2.20. The minimum Gasteiger partial charge on any atom is -0.390 e. The van der Waals surface area contributed by atoms with Crippen molar-refractivity contribution in [2.45, 2.75) is 25.0 Å². The van der Waals surface area contributed by atoms with Crippen LogP contribution in [0, 0.1) is 0 Å². The zero-order chi connectivity index (χ0) is 13.9. The monoisotopic (exact) mass is 268 g/mol. The van der Waals surface area contributed by atoms with Crippen LogP contribution >= 0.6 is 0 Å². The predicted molar refractivity (Wildman–Crippen MR) is 75.0 cm³/mol. The Labute approximate surface area is 117 Å². The third-order valence-corrected chi connectivity index (χ3v) is 3.63. The Morgan fingerprint density at radius 1 is 1.25 bits per heavy atom. The molecule has 1 aliphatic carbocycles. The molecule has 0 saturated carbocycles. The van der Waals surface area contributed by atoms with Crippen LogP contribution in [0.3, 0.4) is 0 Å². The van der Waals surface area contributed by atoms with Gasteiger partial charge in [0.2, 0.25) is 5.91 Å². The quantitative estimate of drug-likeness (QED) is 0.884. The zero-order valence-corrected chi connectivity index (χ0v) is 11.0. The van der Waals surface area contributed by atoms with E-state index in [-0.39, 0.29) is 11.9 Å². The van der Waals surface area contributed by atoms with Crippen molar-refractivity contribution in [3.63, 3.8) is 0 Å². The first-order valence-corrected chi connectivity index (χ1v) is 6.68. The van der Waals surface area contributed by atoms with E-state index in [4.69, 9.17) is 0 Å². The fourth-order valence-electron chi connectivity index (χ4n) is 2.66. The lowest BCUT2D eigenvalue weighted by molar-refractivity contribution is -0.121. The van der Waals surface area contributed by atoms with E-state index in [1.54, 1.807) is 12.4 Å². The van der Waals surface area contributed by atoms with Gasteiger partial charge < -0.3 is 10.4 Å². The van der Waals surface area contributed by atoms with E-state index in [9.17, 15) is 9.90 Å². The highest BCUT2D eigenvalue weighted by Crippen LogP contribution is 2.31. The number of carbonyl (C=O) groups is 1. The molecule has 0 saturated heterocycles. The highest BCUT2D eigenvalue weighted by molar-refractivity contribution is 5.79. The lowest BCUT2D eigenvalue weighted by atomic mass is 10.1. The molecule has 0 bridgehead atoms. The maximum absolute atomic E-state index is 12.1. The molecule has 2 N–H and O–H groups in total. The molecule has 4 heteroatoms. The maximum atomic E-state index is 12.1. The summed E-state index contributed by atoms with van der Waals surface area (Å²) in [6.07, 6.45) is 3.68. The van der Waals surface area contributed by atoms with Gasteiger partial charge in [-0.05, 0) is 28.8 Å². The summed E-state index contributed by atoms with van der Waals surface area (Å²) in [6, 6.07) is 11.2. The van der Waals surface area contributed by atoms with Crippen molar-refractivity contribution in [1.82, 2.24) is 10.3 Å². The number of aliphatic hydroxyl groups excluding tert-OH is 1. The summed E-state index contributed by atoms with van der Waals surface area (Å²) in [5.41, 5.74) is 3.04. The molecule has 1 heterocycles. The van der Waals surface area contributed by atoms with Crippen LogP contribution in [0.25, 0.3) is 0 Å². The number of carbonyl (C=O) groups excluding carboxylic acids is 1. The van der Waals surface area contributed by atoms with E-state index in [1.807, 2.05) is 36.4 Å². The van der Waals surface area contributed by atoms with Crippen LogP contribution in [-0.2, 0) is 17.6 Å². The van der Waals surface area contributed by atoms with Crippen molar-refractivity contribution in [3.8, 4) is 0 Å². The topological polar surface area (TPSA) is 62.2 Å². The van der Waals surface area contributed by atoms with E-state index >= 15 is 0 Å². The summed E-state index contributed by atoms with van der Waals surface area (Å²) in [5, 5.41) is 13.0. The highest BCUT2D eigenvalue weighted by Gasteiger charge is 2.31. The number of amides is 1. The Kier molecular flexibility index (Phi) is 3.48. The lowest BCUT2D eigenvalue weighted by Gasteiger charge is -2.18. The minimum atomic E-state index is -0.547. The molecule has 2 atom stereocenters. The van der Waals surface area contributed by atoms with E-state index in [0.717, 1.165) is 16.7 Å². The molecule has 102 valence electrons. The average molecular weight is 268 g/mol. The van der Waals surface area contributed by atoms with E-state index in [2.05, 4.69) is 10.3 Å². The highest BCUT2D eigenvalue weighted by atomic mass is 16.3. The molecule has 2 aromatic rings. The first-order chi connectivity index (χ1) is 9.74. The first-order valence-electron chi connectivity index (χ1n) is 6.68. The van der Waals surface area contributed by atoms with E-state index in [0.29, 0.717) is 12.8 Å². The molecular weight excluding hydrogens is 252 g/mol. The van der Waals surface area contributed by atoms with Gasteiger partial charge in [-0.1, -0.05) is 24.3 Å². The van der Waals surface area contributed by atoms with Crippen LogP contribution in [0.5, 0.6) is 0 Å². The van der Waals surface area contributed by atoms with Crippen molar-refractivity contribution in [2.24, 2.45) is 0 Å². The summed E-state index contributed by atoms with van der Waals surface area (Å²) in [6.45, 7) is 0. The fraction of sp³-hybridized carbons (Fsp3) is 0.250. The second-order valence-electron chi connectivity index (χ2n) is 5.05. The van der Waals surface area contributed by atoms with Crippen molar-refractivity contribution in [1.29, 1.82) is 0 Å². The van der Waals surface area contributed by atoms with Gasteiger partial charge in [0.05, 0.1) is 18.6 Å². The van der Waals surface area contributed by atoms with Crippen LogP contribution in [0.4, 0.5) is 0 Å². The summed E-state index contributed by atoms with van der Waals surface area (Å²) in [5.74, 6) is -0.0862. The van der Waals surface area contributed by atoms with Crippen LogP contribution < -0.4 is 5.32 Å². The second kappa shape index (κ2) is 5.43. The minimum absolute atomic E-state index is 0.0862. The summed E-state index contributed by atoms with van der Waals surface area (Å²) in [7, 11) is 0. The normalized spacial score (nSPS) is 20.4. The van der Waals surface area contributed by atoms with Crippen molar-refractivity contribution >= 4 is 5.91 Å². The molecule has 1 aromatic heterocycles. The molecule has 3 rings (SSSR count). The molecule has 0 aliphatic heterocycles. The number of nitrogens with one attached hydrogen (secondary N) is 1. The summed E-state index contributed by atoms with van der Waals surface area (Å²) >= 11 is 0. The number of aliphatic hydroxyl groups is 1. The number of benzene rings is 1. The van der Waals surface area contributed by atoms with Crippen molar-refractivity contribution in [3.05, 3.63) is 65.5 Å². The van der Waals surface area contributed by atoms with Gasteiger partial charge in [0.15, 0.2) is 0 Å². The number of hydrogen-bond acceptors (Lipinski definition) is 3. The molecule has 0 radical (unpaired) electrons. The predicted octanol–water partition coefficient (Wildman–Crippen LogP) is 1.40. The molecule has 4 nitrogen and oxygen atoms in total. The molecule has 0 fully saturated rings. The Bertz CT molecular complexity index is 613. The number of nitrogens with zero attached hydrogens (tertiary/aromatic N) is 1. The fourth-order valence-corrected chi connectivity index (χ4v) is 2.66. The SMILES string of the molecule is O=C(Cc1ccncc1)NC1c2ccccc2CC1O. The molecule has 2 unspecified atom stereocenters. The largest absolute Gasteiger partial charge is 0.390 e. The van der Waals surface area contributed by atoms with Crippen LogP contribution in [0.1, 0.15) is 22.7 Å². The molecule has 1 aliphatic rings. The number of pyridine rings is 1.